The largest absolute Gasteiger partial charge is 0.503 e. The molecule has 1 saturated carbocycles. The second kappa shape index (κ2) is 8.93. The van der Waals surface area contributed by atoms with Crippen molar-refractivity contribution in [2.24, 2.45) is 5.92 Å². The van der Waals surface area contributed by atoms with Crippen molar-refractivity contribution in [3.63, 3.8) is 0 Å². The highest BCUT2D eigenvalue weighted by atomic mass is 19.1. The first-order chi connectivity index (χ1) is 15.8. The van der Waals surface area contributed by atoms with Gasteiger partial charge in [0.2, 0.25) is 5.43 Å². The number of amides is 2. The topological polar surface area (TPSA) is 112 Å². The lowest BCUT2D eigenvalue weighted by Crippen LogP contribution is -2.45. The van der Waals surface area contributed by atoms with E-state index < -0.39 is 28.7 Å². The van der Waals surface area contributed by atoms with Crippen LogP contribution in [0, 0.1) is 17.6 Å². The molecule has 2 aromatic rings. The minimum absolute atomic E-state index is 0.0458. The first-order valence-electron chi connectivity index (χ1n) is 10.8. The Morgan fingerprint density at radius 1 is 1.18 bits per heavy atom. The molecule has 2 aliphatic heterocycles. The molecule has 0 radical (unpaired) electrons. The van der Waals surface area contributed by atoms with E-state index in [-0.39, 0.29) is 35.3 Å². The fourth-order valence-corrected chi connectivity index (χ4v) is 4.60. The van der Waals surface area contributed by atoms with Crippen LogP contribution in [0.15, 0.2) is 23.0 Å². The number of carbonyl (C=O) groups is 2. The second-order valence-corrected chi connectivity index (χ2v) is 8.48. The van der Waals surface area contributed by atoms with Gasteiger partial charge in [0, 0.05) is 44.1 Å². The molecule has 1 unspecified atom stereocenters. The molecular weight excluding hydrogens is 436 g/mol. The number of aliphatic hydroxyl groups is 1. The summed E-state index contributed by atoms with van der Waals surface area (Å²) in [5.41, 5.74) is -0.692. The number of benzene rings is 1. The predicted octanol–water partition coefficient (Wildman–Crippen LogP) is 1.72. The molecule has 5 rings (SSSR count). The number of hydrogen-bond donors (Lipinski definition) is 3. The third-order valence-electron chi connectivity index (χ3n) is 6.34. The summed E-state index contributed by atoms with van der Waals surface area (Å²) in [4.78, 5) is 40.4. The van der Waals surface area contributed by atoms with Crippen LogP contribution >= 0.6 is 0 Å². The maximum absolute atomic E-state index is 13.9. The summed E-state index contributed by atoms with van der Waals surface area (Å²) in [5, 5.41) is 20.1. The zero-order valence-electron chi connectivity index (χ0n) is 18.1. The Kier molecular flexibility index (Phi) is 6.20. The van der Waals surface area contributed by atoms with Crippen molar-refractivity contribution in [2.45, 2.75) is 38.3 Å². The normalized spacial score (nSPS) is 18.5. The Balaban J connectivity index is 0.00000126. The van der Waals surface area contributed by atoms with Crippen LogP contribution < -0.4 is 10.7 Å². The average molecular weight is 461 g/mol. The number of aromatic hydroxyl groups is 1. The van der Waals surface area contributed by atoms with Crippen LogP contribution in [0.3, 0.4) is 0 Å². The number of halogens is 2. The average Bonchev–Trinajstić information content (AvgIpc) is 3.53. The SMILES string of the molecule is CO.O=C(NCc1ccc(F)cc1F)c1c2n3c(c(O)c1=O)C(=O)N(CC1CC1)CC3CC2. The minimum atomic E-state index is -0.902. The predicted molar refractivity (Wildman–Crippen MR) is 114 cm³/mol. The van der Waals surface area contributed by atoms with Crippen LogP contribution in [-0.4, -0.2) is 51.7 Å². The molecule has 1 fully saturated rings. The summed E-state index contributed by atoms with van der Waals surface area (Å²) in [5.74, 6) is -2.94. The molecule has 1 aliphatic carbocycles. The molecular formula is C23H25F2N3O5. The van der Waals surface area contributed by atoms with E-state index in [0.717, 1.165) is 26.0 Å². The quantitative estimate of drug-likeness (QED) is 0.628. The van der Waals surface area contributed by atoms with Crippen molar-refractivity contribution >= 4 is 11.8 Å². The lowest BCUT2D eigenvalue weighted by atomic mass is 10.1. The van der Waals surface area contributed by atoms with Crippen molar-refractivity contribution in [3.05, 3.63) is 62.6 Å². The Morgan fingerprint density at radius 3 is 2.58 bits per heavy atom. The van der Waals surface area contributed by atoms with E-state index in [9.17, 15) is 28.3 Å². The summed E-state index contributed by atoms with van der Waals surface area (Å²) in [6.45, 7) is 0.854. The number of carbonyl (C=O) groups excluding carboxylic acids is 2. The summed E-state index contributed by atoms with van der Waals surface area (Å²) >= 11 is 0. The number of aromatic nitrogens is 1. The van der Waals surface area contributed by atoms with Gasteiger partial charge in [-0.2, -0.15) is 0 Å². The summed E-state index contributed by atoms with van der Waals surface area (Å²) < 4.78 is 28.6. The van der Waals surface area contributed by atoms with Gasteiger partial charge in [0.05, 0.1) is 6.04 Å². The highest BCUT2D eigenvalue weighted by molar-refractivity contribution is 6.00. The first kappa shape index (κ1) is 22.9. The summed E-state index contributed by atoms with van der Waals surface area (Å²) in [7, 11) is 1.00. The monoisotopic (exact) mass is 461 g/mol. The zero-order valence-corrected chi connectivity index (χ0v) is 18.1. The lowest BCUT2D eigenvalue weighted by Gasteiger charge is -2.34. The maximum atomic E-state index is 13.9. The number of rotatable bonds is 5. The van der Waals surface area contributed by atoms with Crippen molar-refractivity contribution in [1.82, 2.24) is 14.8 Å². The number of nitrogens with zero attached hydrogens (tertiary/aromatic N) is 2. The number of nitrogens with one attached hydrogen (secondary N) is 1. The molecule has 0 spiro atoms. The minimum Gasteiger partial charge on any atom is -0.503 e. The van der Waals surface area contributed by atoms with Gasteiger partial charge >= 0.3 is 0 Å². The molecule has 1 aromatic carbocycles. The van der Waals surface area contributed by atoms with E-state index in [1.807, 2.05) is 0 Å². The molecule has 3 N–H and O–H groups in total. The van der Waals surface area contributed by atoms with Gasteiger partial charge in [-0.3, -0.25) is 14.4 Å². The zero-order chi connectivity index (χ0) is 23.9. The van der Waals surface area contributed by atoms with Gasteiger partial charge in [0.15, 0.2) is 11.4 Å². The van der Waals surface area contributed by atoms with E-state index in [0.29, 0.717) is 43.6 Å². The Hall–Kier alpha value is -3.27. The third-order valence-corrected chi connectivity index (χ3v) is 6.34. The van der Waals surface area contributed by atoms with Gasteiger partial charge in [-0.1, -0.05) is 6.07 Å². The fraction of sp³-hybridized carbons (Fsp3) is 0.435. The molecule has 0 bridgehead atoms. The molecule has 8 nitrogen and oxygen atoms in total. The van der Waals surface area contributed by atoms with Crippen molar-refractivity contribution in [2.75, 3.05) is 20.2 Å². The Labute approximate surface area is 188 Å². The van der Waals surface area contributed by atoms with Crippen molar-refractivity contribution < 1.29 is 28.6 Å². The van der Waals surface area contributed by atoms with E-state index >= 15 is 0 Å². The highest BCUT2D eigenvalue weighted by Crippen LogP contribution is 2.38. The smallest absolute Gasteiger partial charge is 0.274 e. The molecule has 2 amide bonds. The first-order valence-corrected chi connectivity index (χ1v) is 10.8. The van der Waals surface area contributed by atoms with Gasteiger partial charge in [-0.25, -0.2) is 8.78 Å². The Morgan fingerprint density at radius 2 is 1.91 bits per heavy atom. The maximum Gasteiger partial charge on any atom is 0.274 e. The summed E-state index contributed by atoms with van der Waals surface area (Å²) in [6, 6.07) is 2.90. The van der Waals surface area contributed by atoms with Crippen LogP contribution in [0.1, 0.15) is 57.4 Å². The number of pyridine rings is 1. The van der Waals surface area contributed by atoms with E-state index in [1.54, 1.807) is 9.47 Å². The van der Waals surface area contributed by atoms with Crippen LogP contribution in [-0.2, 0) is 13.0 Å². The van der Waals surface area contributed by atoms with Crippen LogP contribution in [0.25, 0.3) is 0 Å². The molecule has 1 aromatic heterocycles. The Bertz CT molecular complexity index is 1180. The van der Waals surface area contributed by atoms with Crippen LogP contribution in [0.4, 0.5) is 8.78 Å². The van der Waals surface area contributed by atoms with E-state index in [4.69, 9.17) is 5.11 Å². The number of hydrogen-bond acceptors (Lipinski definition) is 5. The molecule has 3 heterocycles. The van der Waals surface area contributed by atoms with Crippen LogP contribution in [0.2, 0.25) is 0 Å². The van der Waals surface area contributed by atoms with Gasteiger partial charge in [-0.05, 0) is 37.7 Å². The van der Waals surface area contributed by atoms with Crippen molar-refractivity contribution in [3.8, 4) is 5.75 Å². The van der Waals surface area contributed by atoms with E-state index in [1.165, 1.54) is 6.07 Å². The third kappa shape index (κ3) is 4.10. The van der Waals surface area contributed by atoms with E-state index in [2.05, 4.69) is 5.32 Å². The highest BCUT2D eigenvalue weighted by Gasteiger charge is 2.42. The van der Waals surface area contributed by atoms with Crippen LogP contribution in [0.5, 0.6) is 5.75 Å². The molecule has 10 heteroatoms. The molecule has 33 heavy (non-hydrogen) atoms. The molecule has 1 atom stereocenters. The molecule has 3 aliphatic rings. The molecule has 0 saturated heterocycles. The molecule has 176 valence electrons. The summed E-state index contributed by atoms with van der Waals surface area (Å²) in [6.07, 6.45) is 3.22. The lowest BCUT2D eigenvalue weighted by molar-refractivity contribution is 0.0655. The second-order valence-electron chi connectivity index (χ2n) is 8.48. The van der Waals surface area contributed by atoms with Gasteiger partial charge in [0.1, 0.15) is 17.2 Å². The number of aliphatic hydroxyl groups excluding tert-OH is 1. The standard InChI is InChI=1S/C22H21F2N3O4.CH4O/c23-13-4-3-12(15(24)7-13)8-25-21(30)17-16-6-5-14-10-26(9-11-1-2-11)22(31)18(27(14)16)20(29)19(17)28;1-2/h3-4,7,11,14,29H,1-2,5-6,8-10H2,(H,25,30);2H,1H3. The fourth-order valence-electron chi connectivity index (χ4n) is 4.60. The van der Waals surface area contributed by atoms with Gasteiger partial charge in [-0.15, -0.1) is 0 Å². The van der Waals surface area contributed by atoms with Gasteiger partial charge in [0.25, 0.3) is 11.8 Å². The van der Waals surface area contributed by atoms with Crippen molar-refractivity contribution in [1.29, 1.82) is 0 Å². The van der Waals surface area contributed by atoms with Gasteiger partial charge < -0.3 is 25.0 Å².